The van der Waals surface area contributed by atoms with Crippen molar-refractivity contribution in [3.8, 4) is 33.4 Å². The molecule has 0 heterocycles. The Morgan fingerprint density at radius 2 is 0.459 bits per heavy atom. The SMILES string of the molecule is c1ccc(C2(c3ccccc3)c3cc(-c4ccc5c6ccccc6c6ccccc6c5c4)ccc3-c3ccc(-c4ccc5c6ccccc6c6ccccc6c5c4)cc32)cc1. The van der Waals surface area contributed by atoms with Crippen LogP contribution >= 0.6 is 0 Å². The summed E-state index contributed by atoms with van der Waals surface area (Å²) in [5.41, 5.74) is 12.1. The fourth-order valence-electron chi connectivity index (χ4n) is 11.0. The molecular formula is C61H38. The first-order valence-corrected chi connectivity index (χ1v) is 21.3. The zero-order valence-electron chi connectivity index (χ0n) is 33.4. The molecule has 12 aromatic carbocycles. The van der Waals surface area contributed by atoms with Crippen LogP contribution in [0, 0.1) is 0 Å². The van der Waals surface area contributed by atoms with Gasteiger partial charge in [0.1, 0.15) is 0 Å². The molecule has 0 fully saturated rings. The molecule has 0 saturated heterocycles. The molecule has 0 amide bonds. The number of benzene rings is 12. The van der Waals surface area contributed by atoms with Crippen LogP contribution in [0.25, 0.3) is 98.0 Å². The molecule has 0 radical (unpaired) electrons. The normalized spacial score (nSPS) is 13.0. The summed E-state index contributed by atoms with van der Waals surface area (Å²) in [5, 5.41) is 15.5. The van der Waals surface area contributed by atoms with Gasteiger partial charge < -0.3 is 0 Å². The minimum absolute atomic E-state index is 0.543. The van der Waals surface area contributed by atoms with E-state index >= 15 is 0 Å². The molecular weight excluding hydrogens is 733 g/mol. The van der Waals surface area contributed by atoms with Crippen LogP contribution in [0.2, 0.25) is 0 Å². The molecule has 282 valence electrons. The number of hydrogen-bond donors (Lipinski definition) is 0. The van der Waals surface area contributed by atoms with E-state index in [4.69, 9.17) is 0 Å². The summed E-state index contributed by atoms with van der Waals surface area (Å²) in [6, 6.07) is 86.3. The summed E-state index contributed by atoms with van der Waals surface area (Å²) < 4.78 is 0. The molecule has 0 nitrogen and oxygen atoms in total. The first-order valence-electron chi connectivity index (χ1n) is 21.3. The molecule has 1 aliphatic carbocycles. The maximum absolute atomic E-state index is 2.49. The second-order valence-corrected chi connectivity index (χ2v) is 16.7. The van der Waals surface area contributed by atoms with Crippen molar-refractivity contribution in [2.45, 2.75) is 5.41 Å². The summed E-state index contributed by atoms with van der Waals surface area (Å²) in [4.78, 5) is 0. The first kappa shape index (κ1) is 34.1. The highest BCUT2D eigenvalue weighted by molar-refractivity contribution is 6.27. The van der Waals surface area contributed by atoms with Gasteiger partial charge in [-0.2, -0.15) is 0 Å². The molecule has 0 aromatic heterocycles. The summed E-state index contributed by atoms with van der Waals surface area (Å²) >= 11 is 0. The quantitative estimate of drug-likeness (QED) is 0.156. The Morgan fingerprint density at radius 3 is 0.803 bits per heavy atom. The van der Waals surface area contributed by atoms with E-state index in [0.29, 0.717) is 0 Å². The topological polar surface area (TPSA) is 0 Å². The molecule has 12 aromatic rings. The van der Waals surface area contributed by atoms with Gasteiger partial charge >= 0.3 is 0 Å². The fourth-order valence-corrected chi connectivity index (χ4v) is 11.0. The van der Waals surface area contributed by atoms with Crippen LogP contribution in [0.1, 0.15) is 22.3 Å². The van der Waals surface area contributed by atoms with E-state index < -0.39 is 5.41 Å². The minimum Gasteiger partial charge on any atom is -0.0622 e. The largest absolute Gasteiger partial charge is 0.0713 e. The molecule has 0 bridgehead atoms. The van der Waals surface area contributed by atoms with Crippen LogP contribution in [0.15, 0.2) is 231 Å². The van der Waals surface area contributed by atoms with Gasteiger partial charge in [0.2, 0.25) is 0 Å². The zero-order valence-corrected chi connectivity index (χ0v) is 33.4. The van der Waals surface area contributed by atoms with Crippen LogP contribution in [0.5, 0.6) is 0 Å². The Bertz CT molecular complexity index is 3420. The molecule has 1 aliphatic rings. The van der Waals surface area contributed by atoms with E-state index in [-0.39, 0.29) is 0 Å². The van der Waals surface area contributed by atoms with E-state index in [1.165, 1.54) is 120 Å². The van der Waals surface area contributed by atoms with E-state index in [1.807, 2.05) is 0 Å². The predicted octanol–water partition coefficient (Wildman–Crippen LogP) is 16.3. The Balaban J connectivity index is 1.05. The van der Waals surface area contributed by atoms with Crippen LogP contribution in [-0.4, -0.2) is 0 Å². The fraction of sp³-hybridized carbons (Fsp3) is 0.0164. The Kier molecular flexibility index (Phi) is 7.32. The van der Waals surface area contributed by atoms with E-state index in [1.54, 1.807) is 0 Å². The third-order valence-corrected chi connectivity index (χ3v) is 13.7. The summed E-state index contributed by atoms with van der Waals surface area (Å²) in [7, 11) is 0. The third-order valence-electron chi connectivity index (χ3n) is 13.7. The van der Waals surface area contributed by atoms with Crippen molar-refractivity contribution in [1.82, 2.24) is 0 Å². The maximum Gasteiger partial charge on any atom is 0.0713 e. The van der Waals surface area contributed by atoms with Gasteiger partial charge in [-0.05, 0) is 145 Å². The first-order chi connectivity index (χ1) is 30.3. The van der Waals surface area contributed by atoms with Gasteiger partial charge in [-0.25, -0.2) is 0 Å². The summed E-state index contributed by atoms with van der Waals surface area (Å²) in [5.74, 6) is 0. The smallest absolute Gasteiger partial charge is 0.0622 e. The molecule has 0 aliphatic heterocycles. The average Bonchev–Trinajstić information content (AvgIpc) is 3.64. The van der Waals surface area contributed by atoms with Gasteiger partial charge in [-0.15, -0.1) is 0 Å². The van der Waals surface area contributed by atoms with Gasteiger partial charge in [0, 0.05) is 0 Å². The molecule has 0 heteroatoms. The lowest BCUT2D eigenvalue weighted by molar-refractivity contribution is 0.769. The summed E-state index contributed by atoms with van der Waals surface area (Å²) in [6.07, 6.45) is 0. The van der Waals surface area contributed by atoms with Gasteiger partial charge in [-0.3, -0.25) is 0 Å². The number of hydrogen-bond acceptors (Lipinski definition) is 0. The van der Waals surface area contributed by atoms with Crippen LogP contribution in [0.4, 0.5) is 0 Å². The predicted molar refractivity (Wildman–Crippen MR) is 260 cm³/mol. The number of rotatable bonds is 4. The van der Waals surface area contributed by atoms with Crippen molar-refractivity contribution in [2.75, 3.05) is 0 Å². The van der Waals surface area contributed by atoms with Crippen molar-refractivity contribution >= 4 is 64.6 Å². The van der Waals surface area contributed by atoms with Crippen molar-refractivity contribution in [2.24, 2.45) is 0 Å². The standard InChI is InChI=1S/C61H38/c1-3-15-43(16-4-1)61(44-17-5-2-6-18-44)59-37-41(39-27-31-53-49-23-9-7-19-45(49)47-21-11-13-25-51(47)57(53)35-39)29-33-55(59)56-34-30-42(38-60(56)61)40-28-32-54-50-24-10-8-20-46(50)48-22-12-14-26-52(48)58(54)36-40/h1-38H. The van der Waals surface area contributed by atoms with E-state index in [9.17, 15) is 0 Å². The van der Waals surface area contributed by atoms with E-state index in [2.05, 4.69) is 231 Å². The van der Waals surface area contributed by atoms with Crippen LogP contribution < -0.4 is 0 Å². The Labute approximate surface area is 354 Å². The molecule has 0 atom stereocenters. The molecule has 61 heavy (non-hydrogen) atoms. The average molecular weight is 771 g/mol. The maximum atomic E-state index is 2.49. The van der Waals surface area contributed by atoms with Crippen molar-refractivity contribution in [1.29, 1.82) is 0 Å². The van der Waals surface area contributed by atoms with Crippen LogP contribution in [-0.2, 0) is 5.41 Å². The zero-order chi connectivity index (χ0) is 40.1. The molecule has 0 spiro atoms. The highest BCUT2D eigenvalue weighted by Gasteiger charge is 2.46. The van der Waals surface area contributed by atoms with Crippen molar-refractivity contribution < 1.29 is 0 Å². The highest BCUT2D eigenvalue weighted by atomic mass is 14.5. The minimum atomic E-state index is -0.543. The highest BCUT2D eigenvalue weighted by Crippen LogP contribution is 2.57. The van der Waals surface area contributed by atoms with Crippen molar-refractivity contribution in [3.63, 3.8) is 0 Å². The summed E-state index contributed by atoms with van der Waals surface area (Å²) in [6.45, 7) is 0. The lowest BCUT2D eigenvalue weighted by Crippen LogP contribution is -2.28. The van der Waals surface area contributed by atoms with E-state index in [0.717, 1.165) is 0 Å². The third kappa shape index (κ3) is 4.88. The second-order valence-electron chi connectivity index (χ2n) is 16.7. The van der Waals surface area contributed by atoms with Gasteiger partial charge in [-0.1, -0.05) is 206 Å². The van der Waals surface area contributed by atoms with Gasteiger partial charge in [0.25, 0.3) is 0 Å². The molecule has 0 N–H and O–H groups in total. The Hall–Kier alpha value is -7.80. The lowest BCUT2D eigenvalue weighted by atomic mass is 9.67. The molecule has 0 unspecified atom stereocenters. The van der Waals surface area contributed by atoms with Crippen molar-refractivity contribution in [3.05, 3.63) is 253 Å². The monoisotopic (exact) mass is 770 g/mol. The number of fused-ring (bicyclic) bond motifs is 15. The molecule has 13 rings (SSSR count). The second kappa shape index (κ2) is 13.1. The van der Waals surface area contributed by atoms with Gasteiger partial charge in [0.15, 0.2) is 0 Å². The molecule has 0 saturated carbocycles. The van der Waals surface area contributed by atoms with Gasteiger partial charge in [0.05, 0.1) is 5.41 Å². The van der Waals surface area contributed by atoms with Crippen LogP contribution in [0.3, 0.4) is 0 Å². The lowest BCUT2D eigenvalue weighted by Gasteiger charge is -2.34. The Morgan fingerprint density at radius 1 is 0.197 bits per heavy atom.